The lowest BCUT2D eigenvalue weighted by molar-refractivity contribution is 0.0755. The van der Waals surface area contributed by atoms with E-state index in [1.807, 2.05) is 4.90 Å². The minimum atomic E-state index is 0.112. The zero-order valence-electron chi connectivity index (χ0n) is 9.44. The van der Waals surface area contributed by atoms with Crippen LogP contribution in [0.5, 0.6) is 0 Å². The van der Waals surface area contributed by atoms with Crippen molar-refractivity contribution >= 4 is 5.91 Å². The summed E-state index contributed by atoms with van der Waals surface area (Å²) >= 11 is 0. The van der Waals surface area contributed by atoms with Crippen LogP contribution in [0.15, 0.2) is 24.5 Å². The summed E-state index contributed by atoms with van der Waals surface area (Å²) < 4.78 is 0. The van der Waals surface area contributed by atoms with Gasteiger partial charge in [-0.25, -0.2) is 0 Å². The van der Waals surface area contributed by atoms with Crippen molar-refractivity contribution in [3.05, 3.63) is 30.1 Å². The Kier molecular flexibility index (Phi) is 4.81. The average Bonchev–Trinajstić information content (AvgIpc) is 2.29. The maximum Gasteiger partial charge on any atom is 0.253 e. The molecule has 0 aliphatic rings. The summed E-state index contributed by atoms with van der Waals surface area (Å²) in [6.45, 7) is 5.83. The van der Waals surface area contributed by atoms with Crippen molar-refractivity contribution in [1.82, 2.24) is 9.88 Å². The predicted molar refractivity (Wildman–Crippen MR) is 60.7 cm³/mol. The third kappa shape index (κ3) is 3.35. The van der Waals surface area contributed by atoms with E-state index in [2.05, 4.69) is 18.8 Å². The van der Waals surface area contributed by atoms with E-state index in [0.29, 0.717) is 0 Å². The van der Waals surface area contributed by atoms with E-state index in [0.717, 1.165) is 31.5 Å². The number of rotatable bonds is 5. The Bertz CT molecular complexity index is 292. The normalized spacial score (nSPS) is 10.0. The highest BCUT2D eigenvalue weighted by Crippen LogP contribution is 2.04. The molecule has 0 bridgehead atoms. The topological polar surface area (TPSA) is 33.2 Å². The summed E-state index contributed by atoms with van der Waals surface area (Å²) in [6.07, 6.45) is 5.31. The van der Waals surface area contributed by atoms with Gasteiger partial charge in [-0.2, -0.15) is 0 Å². The van der Waals surface area contributed by atoms with E-state index in [-0.39, 0.29) is 5.91 Å². The molecule has 1 rings (SSSR count). The highest BCUT2D eigenvalue weighted by atomic mass is 16.2. The molecule has 0 N–H and O–H groups in total. The summed E-state index contributed by atoms with van der Waals surface area (Å²) in [5, 5.41) is 0. The highest BCUT2D eigenvalue weighted by molar-refractivity contribution is 5.94. The van der Waals surface area contributed by atoms with Crippen molar-refractivity contribution in [3.8, 4) is 0 Å². The molecule has 1 aromatic heterocycles. The van der Waals surface area contributed by atoms with Gasteiger partial charge in [0.1, 0.15) is 0 Å². The first kappa shape index (κ1) is 11.7. The Morgan fingerprint density at radius 3 is 2.20 bits per heavy atom. The van der Waals surface area contributed by atoms with Gasteiger partial charge >= 0.3 is 0 Å². The Balaban J connectivity index is 2.71. The van der Waals surface area contributed by atoms with Crippen LogP contribution in [0, 0.1) is 0 Å². The molecule has 1 amide bonds. The Labute approximate surface area is 91.1 Å². The van der Waals surface area contributed by atoms with Gasteiger partial charge in [-0.3, -0.25) is 9.78 Å². The van der Waals surface area contributed by atoms with Crippen molar-refractivity contribution in [2.75, 3.05) is 13.1 Å². The standard InChI is InChI=1S/C12H18N2O/c1-3-9-14(10-4-2)12(15)11-5-7-13-8-6-11/h5-8H,3-4,9-10H2,1-2H3. The van der Waals surface area contributed by atoms with Gasteiger partial charge in [0.15, 0.2) is 0 Å². The molecule has 3 nitrogen and oxygen atoms in total. The molecule has 0 radical (unpaired) electrons. The van der Waals surface area contributed by atoms with Gasteiger partial charge < -0.3 is 4.90 Å². The Morgan fingerprint density at radius 1 is 1.20 bits per heavy atom. The van der Waals surface area contributed by atoms with Crippen LogP contribution in [-0.2, 0) is 0 Å². The number of aromatic nitrogens is 1. The van der Waals surface area contributed by atoms with E-state index >= 15 is 0 Å². The summed E-state index contributed by atoms with van der Waals surface area (Å²) in [6, 6.07) is 3.53. The molecule has 0 unspecified atom stereocenters. The largest absolute Gasteiger partial charge is 0.339 e. The molecule has 15 heavy (non-hydrogen) atoms. The van der Waals surface area contributed by atoms with E-state index in [4.69, 9.17) is 0 Å². The Hall–Kier alpha value is -1.38. The quantitative estimate of drug-likeness (QED) is 0.741. The highest BCUT2D eigenvalue weighted by Gasteiger charge is 2.13. The fraction of sp³-hybridized carbons (Fsp3) is 0.500. The van der Waals surface area contributed by atoms with Crippen molar-refractivity contribution in [2.24, 2.45) is 0 Å². The summed E-state index contributed by atoms with van der Waals surface area (Å²) in [5.74, 6) is 0.112. The fourth-order valence-electron chi connectivity index (χ4n) is 1.53. The van der Waals surface area contributed by atoms with Gasteiger partial charge in [0, 0.05) is 31.0 Å². The number of hydrogen-bond acceptors (Lipinski definition) is 2. The molecule has 3 heteroatoms. The lowest BCUT2D eigenvalue weighted by atomic mass is 10.2. The first-order valence-electron chi connectivity index (χ1n) is 5.48. The van der Waals surface area contributed by atoms with Crippen molar-refractivity contribution in [1.29, 1.82) is 0 Å². The van der Waals surface area contributed by atoms with Gasteiger partial charge in [0.2, 0.25) is 0 Å². The Morgan fingerprint density at radius 2 is 1.73 bits per heavy atom. The van der Waals surface area contributed by atoms with Crippen LogP contribution >= 0.6 is 0 Å². The molecule has 0 spiro atoms. The van der Waals surface area contributed by atoms with Crippen LogP contribution in [-0.4, -0.2) is 28.9 Å². The third-order valence-corrected chi connectivity index (χ3v) is 2.20. The zero-order chi connectivity index (χ0) is 11.1. The molecule has 0 atom stereocenters. The molecule has 0 aliphatic heterocycles. The van der Waals surface area contributed by atoms with Gasteiger partial charge in [0.05, 0.1) is 0 Å². The van der Waals surface area contributed by atoms with Crippen molar-refractivity contribution in [2.45, 2.75) is 26.7 Å². The number of pyridine rings is 1. The van der Waals surface area contributed by atoms with Crippen molar-refractivity contribution < 1.29 is 4.79 Å². The monoisotopic (exact) mass is 206 g/mol. The first-order chi connectivity index (χ1) is 7.29. The maximum absolute atomic E-state index is 12.0. The number of nitrogens with zero attached hydrogens (tertiary/aromatic N) is 2. The second kappa shape index (κ2) is 6.17. The van der Waals surface area contributed by atoms with E-state index in [1.165, 1.54) is 0 Å². The average molecular weight is 206 g/mol. The molecular formula is C12H18N2O. The van der Waals surface area contributed by atoms with Crippen LogP contribution < -0.4 is 0 Å². The third-order valence-electron chi connectivity index (χ3n) is 2.20. The van der Waals surface area contributed by atoms with E-state index < -0.39 is 0 Å². The molecule has 82 valence electrons. The predicted octanol–water partition coefficient (Wildman–Crippen LogP) is 2.34. The number of hydrogen-bond donors (Lipinski definition) is 0. The van der Waals surface area contributed by atoms with E-state index in [9.17, 15) is 4.79 Å². The van der Waals surface area contributed by atoms with E-state index in [1.54, 1.807) is 24.5 Å². The second-order valence-electron chi connectivity index (χ2n) is 3.53. The first-order valence-corrected chi connectivity index (χ1v) is 5.48. The van der Waals surface area contributed by atoms with Gasteiger partial charge in [0.25, 0.3) is 5.91 Å². The SMILES string of the molecule is CCCN(CCC)C(=O)c1ccncc1. The summed E-state index contributed by atoms with van der Waals surface area (Å²) in [4.78, 5) is 17.8. The van der Waals surface area contributed by atoms with Crippen LogP contribution in [0.25, 0.3) is 0 Å². The minimum Gasteiger partial charge on any atom is -0.339 e. The van der Waals surface area contributed by atoms with Crippen LogP contribution in [0.2, 0.25) is 0 Å². The lowest BCUT2D eigenvalue weighted by Crippen LogP contribution is -2.32. The van der Waals surface area contributed by atoms with Crippen LogP contribution in [0.3, 0.4) is 0 Å². The molecule has 1 aromatic rings. The summed E-state index contributed by atoms with van der Waals surface area (Å²) in [5.41, 5.74) is 0.729. The molecule has 0 aromatic carbocycles. The smallest absolute Gasteiger partial charge is 0.253 e. The fourth-order valence-corrected chi connectivity index (χ4v) is 1.53. The lowest BCUT2D eigenvalue weighted by Gasteiger charge is -2.21. The van der Waals surface area contributed by atoms with Crippen molar-refractivity contribution in [3.63, 3.8) is 0 Å². The van der Waals surface area contributed by atoms with Gasteiger partial charge in [-0.1, -0.05) is 13.8 Å². The van der Waals surface area contributed by atoms with Gasteiger partial charge in [-0.15, -0.1) is 0 Å². The molecular weight excluding hydrogens is 188 g/mol. The molecule has 0 saturated heterocycles. The molecule has 0 aliphatic carbocycles. The summed E-state index contributed by atoms with van der Waals surface area (Å²) in [7, 11) is 0. The molecule has 1 heterocycles. The minimum absolute atomic E-state index is 0.112. The van der Waals surface area contributed by atoms with Crippen LogP contribution in [0.1, 0.15) is 37.0 Å². The number of amides is 1. The molecule has 0 fully saturated rings. The maximum atomic E-state index is 12.0. The second-order valence-corrected chi connectivity index (χ2v) is 3.53. The molecule has 0 saturated carbocycles. The number of carbonyl (C=O) groups is 1. The van der Waals surface area contributed by atoms with Gasteiger partial charge in [-0.05, 0) is 25.0 Å². The zero-order valence-corrected chi connectivity index (χ0v) is 9.44. The number of carbonyl (C=O) groups excluding carboxylic acids is 1. The van der Waals surface area contributed by atoms with Crippen LogP contribution in [0.4, 0.5) is 0 Å².